The van der Waals surface area contributed by atoms with Crippen LogP contribution in [0.4, 0.5) is 18.9 Å². The normalized spacial score (nSPS) is 16.5. The molecule has 0 saturated carbocycles. The molecule has 0 aliphatic carbocycles. The van der Waals surface area contributed by atoms with Crippen LogP contribution in [0.2, 0.25) is 0 Å². The van der Waals surface area contributed by atoms with Gasteiger partial charge in [0.05, 0.1) is 10.5 Å². The fourth-order valence-corrected chi connectivity index (χ4v) is 5.21. The number of hydrogen-bond donors (Lipinski definition) is 0. The van der Waals surface area contributed by atoms with Crippen LogP contribution >= 0.6 is 0 Å². The van der Waals surface area contributed by atoms with Crippen LogP contribution in [0.15, 0.2) is 47.4 Å². The van der Waals surface area contributed by atoms with E-state index in [0.717, 1.165) is 12.1 Å². The molecule has 1 heterocycles. The average molecular weight is 443 g/mol. The van der Waals surface area contributed by atoms with Crippen molar-refractivity contribution in [3.63, 3.8) is 0 Å². The van der Waals surface area contributed by atoms with Gasteiger partial charge >= 0.3 is 6.18 Å². The number of hydrogen-bond acceptors (Lipinski definition) is 5. The van der Waals surface area contributed by atoms with E-state index in [1.54, 1.807) is 0 Å². The van der Waals surface area contributed by atoms with Gasteiger partial charge in [-0.3, -0.25) is 15.0 Å². The maximum absolute atomic E-state index is 13.0. The van der Waals surface area contributed by atoms with E-state index in [-0.39, 0.29) is 18.0 Å². The number of nitrogens with zero attached hydrogens (tertiary/aromatic N) is 3. The van der Waals surface area contributed by atoms with Crippen molar-refractivity contribution >= 4 is 15.7 Å². The third-order valence-electron chi connectivity index (χ3n) is 5.00. The van der Waals surface area contributed by atoms with Crippen molar-refractivity contribution in [2.24, 2.45) is 0 Å². The molecule has 2 aromatic rings. The lowest BCUT2D eigenvalue weighted by Gasteiger charge is -2.34. The lowest BCUT2D eigenvalue weighted by molar-refractivity contribution is -0.387. The van der Waals surface area contributed by atoms with Crippen LogP contribution in [-0.4, -0.2) is 48.7 Å². The van der Waals surface area contributed by atoms with Crippen molar-refractivity contribution < 1.29 is 26.5 Å². The molecule has 0 atom stereocenters. The molecular weight excluding hydrogens is 423 g/mol. The molecule has 7 nitrogen and oxygen atoms in total. The maximum Gasteiger partial charge on any atom is 0.416 e. The molecule has 11 heteroatoms. The van der Waals surface area contributed by atoms with E-state index < -0.39 is 32.4 Å². The van der Waals surface area contributed by atoms with E-state index in [9.17, 15) is 31.7 Å². The maximum atomic E-state index is 13.0. The van der Waals surface area contributed by atoms with Gasteiger partial charge in [0.1, 0.15) is 0 Å². The Morgan fingerprint density at radius 3 is 2.17 bits per heavy atom. The first kappa shape index (κ1) is 22.2. The second-order valence-electron chi connectivity index (χ2n) is 7.06. The van der Waals surface area contributed by atoms with Gasteiger partial charge < -0.3 is 0 Å². The summed E-state index contributed by atoms with van der Waals surface area (Å²) in [5.74, 6) is 0. The smallest absolute Gasteiger partial charge is 0.296 e. The van der Waals surface area contributed by atoms with Gasteiger partial charge in [-0.05, 0) is 30.2 Å². The highest BCUT2D eigenvalue weighted by Crippen LogP contribution is 2.31. The molecule has 0 radical (unpaired) electrons. The van der Waals surface area contributed by atoms with Crippen LogP contribution in [0.25, 0.3) is 0 Å². The predicted octanol–water partition coefficient (Wildman–Crippen LogP) is 3.43. The molecular formula is C19H20F3N3O4S. The summed E-state index contributed by atoms with van der Waals surface area (Å²) in [4.78, 5) is 12.2. The highest BCUT2D eigenvalue weighted by molar-refractivity contribution is 7.89. The number of sulfonamides is 1. The average Bonchev–Trinajstić information content (AvgIpc) is 2.67. The number of halogens is 3. The Morgan fingerprint density at radius 2 is 1.63 bits per heavy atom. The summed E-state index contributed by atoms with van der Waals surface area (Å²) in [5, 5.41) is 11.3. The zero-order valence-electron chi connectivity index (χ0n) is 16.1. The van der Waals surface area contributed by atoms with Crippen molar-refractivity contribution in [2.45, 2.75) is 24.5 Å². The number of rotatable bonds is 5. The molecule has 0 unspecified atom stereocenters. The van der Waals surface area contributed by atoms with Gasteiger partial charge in [-0.2, -0.15) is 17.5 Å². The summed E-state index contributed by atoms with van der Waals surface area (Å²) in [6.45, 7) is 2.89. The third-order valence-corrected chi connectivity index (χ3v) is 7.10. The quantitative estimate of drug-likeness (QED) is 0.522. The monoisotopic (exact) mass is 443 g/mol. The van der Waals surface area contributed by atoms with E-state index in [0.29, 0.717) is 30.8 Å². The molecule has 1 saturated heterocycles. The Morgan fingerprint density at radius 1 is 1.03 bits per heavy atom. The highest BCUT2D eigenvalue weighted by Gasteiger charge is 2.35. The van der Waals surface area contributed by atoms with Gasteiger partial charge in [0, 0.05) is 38.8 Å². The molecule has 2 aromatic carbocycles. The number of aryl methyl sites for hydroxylation is 1. The predicted molar refractivity (Wildman–Crippen MR) is 103 cm³/mol. The molecule has 0 N–H and O–H groups in total. The van der Waals surface area contributed by atoms with Crippen LogP contribution in [-0.2, 0) is 22.7 Å². The lowest BCUT2D eigenvalue weighted by Crippen LogP contribution is -2.48. The van der Waals surface area contributed by atoms with Gasteiger partial charge in [-0.1, -0.05) is 24.3 Å². The van der Waals surface area contributed by atoms with Gasteiger partial charge in [-0.15, -0.1) is 0 Å². The lowest BCUT2D eigenvalue weighted by atomic mass is 10.1. The van der Waals surface area contributed by atoms with Crippen LogP contribution < -0.4 is 0 Å². The largest absolute Gasteiger partial charge is 0.416 e. The Hall–Kier alpha value is -2.50. The number of nitro benzene ring substituents is 1. The second-order valence-corrected chi connectivity index (χ2v) is 8.93. The van der Waals surface area contributed by atoms with Crippen LogP contribution in [0.5, 0.6) is 0 Å². The Balaban J connectivity index is 1.69. The number of piperazine rings is 1. The van der Waals surface area contributed by atoms with E-state index in [4.69, 9.17) is 0 Å². The van der Waals surface area contributed by atoms with Crippen LogP contribution in [0.1, 0.15) is 16.7 Å². The van der Waals surface area contributed by atoms with E-state index in [1.807, 2.05) is 4.90 Å². The first-order valence-electron chi connectivity index (χ1n) is 9.13. The molecule has 30 heavy (non-hydrogen) atoms. The van der Waals surface area contributed by atoms with E-state index >= 15 is 0 Å². The standard InChI is InChI=1S/C19H20F3N3O4S/c1-14-3-2-4-17(25(26)27)18(14)30(28,29)24-11-9-23(10-12-24)13-15-5-7-16(8-6-15)19(20,21)22/h2-8H,9-13H2,1H3. The fourth-order valence-electron chi connectivity index (χ4n) is 3.43. The summed E-state index contributed by atoms with van der Waals surface area (Å²) >= 11 is 0. The van der Waals surface area contributed by atoms with Crippen LogP contribution in [0, 0.1) is 17.0 Å². The molecule has 162 valence electrons. The van der Waals surface area contributed by atoms with Crippen LogP contribution in [0.3, 0.4) is 0 Å². The Bertz CT molecular complexity index is 1030. The number of benzene rings is 2. The topological polar surface area (TPSA) is 83.8 Å². The van der Waals surface area contributed by atoms with Crippen molar-refractivity contribution in [3.05, 3.63) is 69.3 Å². The zero-order chi connectivity index (χ0) is 22.1. The summed E-state index contributed by atoms with van der Waals surface area (Å²) in [6, 6.07) is 8.97. The van der Waals surface area contributed by atoms with Crippen molar-refractivity contribution in [1.82, 2.24) is 9.21 Å². The Labute approximate surface area is 171 Å². The summed E-state index contributed by atoms with van der Waals surface area (Å²) in [5.41, 5.74) is -0.186. The zero-order valence-corrected chi connectivity index (χ0v) is 16.9. The van der Waals surface area contributed by atoms with Crippen molar-refractivity contribution in [2.75, 3.05) is 26.2 Å². The third kappa shape index (κ3) is 4.63. The van der Waals surface area contributed by atoms with E-state index in [1.165, 1.54) is 41.6 Å². The minimum Gasteiger partial charge on any atom is -0.296 e. The van der Waals surface area contributed by atoms with Gasteiger partial charge in [-0.25, -0.2) is 8.42 Å². The summed E-state index contributed by atoms with van der Waals surface area (Å²) in [6.07, 6.45) is -4.39. The first-order valence-corrected chi connectivity index (χ1v) is 10.6. The number of nitro groups is 1. The molecule has 0 amide bonds. The van der Waals surface area contributed by atoms with Gasteiger partial charge in [0.25, 0.3) is 5.69 Å². The molecule has 0 aromatic heterocycles. The SMILES string of the molecule is Cc1cccc([N+](=O)[O-])c1S(=O)(=O)N1CCN(Cc2ccc(C(F)(F)F)cc2)CC1. The molecule has 1 aliphatic heterocycles. The van der Waals surface area contributed by atoms with Gasteiger partial charge in [0.2, 0.25) is 10.0 Å². The molecule has 0 bridgehead atoms. The minimum atomic E-state index is -4.39. The van der Waals surface area contributed by atoms with Crippen molar-refractivity contribution in [1.29, 1.82) is 0 Å². The number of alkyl halides is 3. The Kier molecular flexibility index (Phi) is 6.16. The van der Waals surface area contributed by atoms with Gasteiger partial charge in [0.15, 0.2) is 4.90 Å². The molecule has 1 aliphatic rings. The second kappa shape index (κ2) is 8.32. The molecule has 3 rings (SSSR count). The first-order chi connectivity index (χ1) is 14.0. The molecule has 0 spiro atoms. The summed E-state index contributed by atoms with van der Waals surface area (Å²) < 4.78 is 65.3. The molecule has 1 fully saturated rings. The van der Waals surface area contributed by atoms with Crippen molar-refractivity contribution in [3.8, 4) is 0 Å². The highest BCUT2D eigenvalue weighted by atomic mass is 32.2. The fraction of sp³-hybridized carbons (Fsp3) is 0.368. The summed E-state index contributed by atoms with van der Waals surface area (Å²) in [7, 11) is -4.05. The van der Waals surface area contributed by atoms with E-state index in [2.05, 4.69) is 0 Å². The minimum absolute atomic E-state index is 0.133.